The van der Waals surface area contributed by atoms with Crippen molar-refractivity contribution >= 4 is 5.97 Å². The van der Waals surface area contributed by atoms with Crippen LogP contribution in [0.3, 0.4) is 0 Å². The molecule has 0 radical (unpaired) electrons. The monoisotopic (exact) mass is 259 g/mol. The molecule has 0 amide bonds. The second-order valence-corrected chi connectivity index (χ2v) is 4.28. The first kappa shape index (κ1) is 15.2. The summed E-state index contributed by atoms with van der Waals surface area (Å²) in [7, 11) is 1.42. The van der Waals surface area contributed by atoms with E-state index in [1.165, 1.54) is 7.11 Å². The first-order chi connectivity index (χ1) is 9.22. The van der Waals surface area contributed by atoms with Crippen molar-refractivity contribution in [2.75, 3.05) is 26.7 Å². The van der Waals surface area contributed by atoms with Crippen LogP contribution in [0.15, 0.2) is 55.6 Å². The maximum Gasteiger partial charge on any atom is 0.314 e. The fraction of sp³-hybridized carbons (Fsp3) is 0.312. The third-order valence-electron chi connectivity index (χ3n) is 2.90. The highest BCUT2D eigenvalue weighted by atomic mass is 16.5. The van der Waals surface area contributed by atoms with Crippen molar-refractivity contribution in [1.82, 2.24) is 4.90 Å². The average Bonchev–Trinajstić information content (AvgIpc) is 2.45. The lowest BCUT2D eigenvalue weighted by Crippen LogP contribution is -2.33. The van der Waals surface area contributed by atoms with Gasteiger partial charge in [-0.25, -0.2) is 0 Å². The SMILES string of the molecule is C=CCN(CC=C)C[C@@H](C(=O)OC)c1ccccc1. The van der Waals surface area contributed by atoms with Crippen LogP contribution >= 0.6 is 0 Å². The molecule has 0 spiro atoms. The number of esters is 1. The molecule has 3 nitrogen and oxygen atoms in total. The van der Waals surface area contributed by atoms with Gasteiger partial charge in [-0.2, -0.15) is 0 Å². The van der Waals surface area contributed by atoms with Gasteiger partial charge in [0, 0.05) is 19.6 Å². The molecular weight excluding hydrogens is 238 g/mol. The maximum atomic E-state index is 12.0. The average molecular weight is 259 g/mol. The van der Waals surface area contributed by atoms with Crippen LogP contribution in [-0.4, -0.2) is 37.6 Å². The minimum Gasteiger partial charge on any atom is -0.469 e. The standard InChI is InChI=1S/C16H21NO2/c1-4-11-17(12-5-2)13-15(16(18)19-3)14-9-7-6-8-10-14/h4-10,15H,1-2,11-13H2,3H3/t15-/m1/s1. The Kier molecular flexibility index (Phi) is 6.61. The van der Waals surface area contributed by atoms with Gasteiger partial charge in [0.2, 0.25) is 0 Å². The summed E-state index contributed by atoms with van der Waals surface area (Å²) in [6, 6.07) is 9.68. The number of nitrogens with zero attached hydrogens (tertiary/aromatic N) is 1. The van der Waals surface area contributed by atoms with Gasteiger partial charge in [-0.05, 0) is 5.56 Å². The van der Waals surface area contributed by atoms with E-state index in [9.17, 15) is 4.79 Å². The van der Waals surface area contributed by atoms with Gasteiger partial charge >= 0.3 is 5.97 Å². The van der Waals surface area contributed by atoms with E-state index < -0.39 is 0 Å². The third kappa shape index (κ3) is 4.72. The Bertz CT molecular complexity index is 404. The summed E-state index contributed by atoms with van der Waals surface area (Å²) >= 11 is 0. The molecule has 0 aliphatic rings. The van der Waals surface area contributed by atoms with E-state index in [0.717, 1.165) is 5.56 Å². The summed E-state index contributed by atoms with van der Waals surface area (Å²) in [5, 5.41) is 0. The highest BCUT2D eigenvalue weighted by molar-refractivity contribution is 5.78. The van der Waals surface area contributed by atoms with Crippen LogP contribution in [-0.2, 0) is 9.53 Å². The number of methoxy groups -OCH3 is 1. The Morgan fingerprint density at radius 3 is 2.32 bits per heavy atom. The first-order valence-corrected chi connectivity index (χ1v) is 6.29. The zero-order valence-corrected chi connectivity index (χ0v) is 11.4. The molecule has 0 aliphatic heterocycles. The first-order valence-electron chi connectivity index (χ1n) is 6.29. The number of benzene rings is 1. The quantitative estimate of drug-likeness (QED) is 0.531. The Morgan fingerprint density at radius 2 is 1.84 bits per heavy atom. The Hall–Kier alpha value is -1.87. The number of hydrogen-bond donors (Lipinski definition) is 0. The largest absolute Gasteiger partial charge is 0.469 e. The molecule has 3 heteroatoms. The molecule has 0 fully saturated rings. The predicted molar refractivity (Wildman–Crippen MR) is 78.0 cm³/mol. The zero-order valence-electron chi connectivity index (χ0n) is 11.4. The molecule has 0 unspecified atom stereocenters. The van der Waals surface area contributed by atoms with Crippen LogP contribution in [0.25, 0.3) is 0 Å². The number of hydrogen-bond acceptors (Lipinski definition) is 3. The van der Waals surface area contributed by atoms with E-state index in [2.05, 4.69) is 18.1 Å². The van der Waals surface area contributed by atoms with Crippen LogP contribution in [0.5, 0.6) is 0 Å². The lowest BCUT2D eigenvalue weighted by molar-refractivity contribution is -0.142. The van der Waals surface area contributed by atoms with Crippen molar-refractivity contribution in [2.45, 2.75) is 5.92 Å². The highest BCUT2D eigenvalue weighted by Gasteiger charge is 2.23. The fourth-order valence-electron chi connectivity index (χ4n) is 1.99. The van der Waals surface area contributed by atoms with Crippen LogP contribution in [0.4, 0.5) is 0 Å². The van der Waals surface area contributed by atoms with Gasteiger partial charge in [-0.15, -0.1) is 13.2 Å². The van der Waals surface area contributed by atoms with E-state index in [1.54, 1.807) is 0 Å². The molecule has 1 atom stereocenters. The van der Waals surface area contributed by atoms with E-state index >= 15 is 0 Å². The van der Waals surface area contributed by atoms with Gasteiger partial charge in [0.1, 0.15) is 0 Å². The minimum absolute atomic E-state index is 0.218. The summed E-state index contributed by atoms with van der Waals surface area (Å²) in [5.41, 5.74) is 0.965. The van der Waals surface area contributed by atoms with Gasteiger partial charge in [-0.3, -0.25) is 9.69 Å². The summed E-state index contributed by atoms with van der Waals surface area (Å²) in [6.07, 6.45) is 3.64. The van der Waals surface area contributed by atoms with Crippen molar-refractivity contribution in [2.24, 2.45) is 0 Å². The summed E-state index contributed by atoms with van der Waals surface area (Å²) in [6.45, 7) is 9.49. The van der Waals surface area contributed by atoms with Gasteiger partial charge in [0.25, 0.3) is 0 Å². The Labute approximate surface area is 115 Å². The van der Waals surface area contributed by atoms with Gasteiger partial charge in [-0.1, -0.05) is 42.5 Å². The second kappa shape index (κ2) is 8.27. The summed E-state index contributed by atoms with van der Waals surface area (Å²) in [4.78, 5) is 14.1. The van der Waals surface area contributed by atoms with Crippen molar-refractivity contribution < 1.29 is 9.53 Å². The topological polar surface area (TPSA) is 29.5 Å². The van der Waals surface area contributed by atoms with Gasteiger partial charge < -0.3 is 4.74 Å². The minimum atomic E-state index is -0.286. The molecule has 102 valence electrons. The maximum absolute atomic E-state index is 12.0. The molecular formula is C16H21NO2. The van der Waals surface area contributed by atoms with Crippen molar-refractivity contribution in [3.63, 3.8) is 0 Å². The normalized spacial score (nSPS) is 11.9. The summed E-state index contributed by atoms with van der Waals surface area (Å²) in [5.74, 6) is -0.504. The molecule has 1 aromatic carbocycles. The molecule has 0 N–H and O–H groups in total. The molecule has 1 rings (SSSR count). The van der Waals surface area contributed by atoms with Crippen molar-refractivity contribution in [3.8, 4) is 0 Å². The van der Waals surface area contributed by atoms with Crippen molar-refractivity contribution in [3.05, 3.63) is 61.2 Å². The number of carbonyl (C=O) groups is 1. The van der Waals surface area contributed by atoms with Gasteiger partial charge in [0.15, 0.2) is 0 Å². The molecule has 1 aromatic rings. The van der Waals surface area contributed by atoms with E-state index in [0.29, 0.717) is 19.6 Å². The number of ether oxygens (including phenoxy) is 1. The van der Waals surface area contributed by atoms with E-state index in [-0.39, 0.29) is 11.9 Å². The number of rotatable bonds is 8. The predicted octanol–water partition coefficient (Wildman–Crippen LogP) is 2.62. The smallest absolute Gasteiger partial charge is 0.314 e. The van der Waals surface area contributed by atoms with Gasteiger partial charge in [0.05, 0.1) is 13.0 Å². The lowest BCUT2D eigenvalue weighted by Gasteiger charge is -2.24. The molecule has 0 saturated carbocycles. The molecule has 0 saturated heterocycles. The van der Waals surface area contributed by atoms with E-state index in [1.807, 2.05) is 42.5 Å². The Balaban J connectivity index is 2.88. The van der Waals surface area contributed by atoms with Crippen molar-refractivity contribution in [1.29, 1.82) is 0 Å². The molecule has 0 heterocycles. The third-order valence-corrected chi connectivity index (χ3v) is 2.90. The molecule has 0 bridgehead atoms. The second-order valence-electron chi connectivity index (χ2n) is 4.28. The summed E-state index contributed by atoms with van der Waals surface area (Å²) < 4.78 is 4.91. The fourth-order valence-corrected chi connectivity index (χ4v) is 1.99. The lowest BCUT2D eigenvalue weighted by atomic mass is 9.98. The number of carbonyl (C=O) groups excluding carboxylic acids is 1. The van der Waals surface area contributed by atoms with Crippen LogP contribution < -0.4 is 0 Å². The molecule has 19 heavy (non-hydrogen) atoms. The highest BCUT2D eigenvalue weighted by Crippen LogP contribution is 2.18. The van der Waals surface area contributed by atoms with Crippen LogP contribution in [0.2, 0.25) is 0 Å². The van der Waals surface area contributed by atoms with Crippen LogP contribution in [0.1, 0.15) is 11.5 Å². The molecule has 0 aromatic heterocycles. The van der Waals surface area contributed by atoms with Crippen LogP contribution in [0, 0.1) is 0 Å². The van der Waals surface area contributed by atoms with E-state index in [4.69, 9.17) is 4.74 Å². The Morgan fingerprint density at radius 1 is 1.26 bits per heavy atom. The zero-order chi connectivity index (χ0) is 14.1. The molecule has 0 aliphatic carbocycles.